The van der Waals surface area contributed by atoms with E-state index >= 15 is 0 Å². The molecule has 0 bridgehead atoms. The summed E-state index contributed by atoms with van der Waals surface area (Å²) in [5, 5.41) is 9.27. The maximum Gasteiger partial charge on any atom is 0.144 e. The number of halogens is 2. The zero-order chi connectivity index (χ0) is 14.3. The number of rotatable bonds is 2. The summed E-state index contributed by atoms with van der Waals surface area (Å²) in [6.07, 6.45) is 0. The van der Waals surface area contributed by atoms with E-state index in [1.807, 2.05) is 11.5 Å². The lowest BCUT2D eigenvalue weighted by Crippen LogP contribution is -1.99. The monoisotopic (exact) mass is 274 g/mol. The molecule has 5 heteroatoms. The molecule has 0 amide bonds. The lowest BCUT2D eigenvalue weighted by Gasteiger charge is -2.07. The molecule has 0 saturated carbocycles. The molecule has 3 aromatic rings. The minimum Gasteiger partial charge on any atom is -0.508 e. The summed E-state index contributed by atoms with van der Waals surface area (Å²) >= 11 is 0. The molecule has 0 saturated heterocycles. The zero-order valence-corrected chi connectivity index (χ0v) is 10.8. The van der Waals surface area contributed by atoms with Crippen LogP contribution in [0.1, 0.15) is 6.92 Å². The molecule has 2 aromatic carbocycles. The van der Waals surface area contributed by atoms with Gasteiger partial charge in [0, 0.05) is 18.7 Å². The minimum absolute atomic E-state index is 0.142. The number of aryl methyl sites for hydroxylation is 1. The number of fused-ring (bicyclic) bond motifs is 1. The smallest absolute Gasteiger partial charge is 0.144 e. The van der Waals surface area contributed by atoms with Crippen molar-refractivity contribution < 1.29 is 13.9 Å². The fourth-order valence-corrected chi connectivity index (χ4v) is 2.31. The summed E-state index contributed by atoms with van der Waals surface area (Å²) in [5.74, 6) is -0.659. The second kappa shape index (κ2) is 4.59. The van der Waals surface area contributed by atoms with Crippen LogP contribution in [0, 0.1) is 11.6 Å². The number of imidazole rings is 1. The van der Waals surface area contributed by atoms with Gasteiger partial charge in [0.15, 0.2) is 0 Å². The third kappa shape index (κ3) is 1.91. The molecule has 1 heterocycles. The lowest BCUT2D eigenvalue weighted by molar-refractivity contribution is 0.469. The Morgan fingerprint density at radius 2 is 1.95 bits per heavy atom. The number of hydrogen-bond donors (Lipinski definition) is 1. The fraction of sp³-hybridized carbons (Fsp3) is 0.133. The van der Waals surface area contributed by atoms with Gasteiger partial charge < -0.3 is 9.67 Å². The van der Waals surface area contributed by atoms with Crippen molar-refractivity contribution in [2.45, 2.75) is 13.5 Å². The van der Waals surface area contributed by atoms with Crippen molar-refractivity contribution in [3.8, 4) is 17.1 Å². The number of aromatic nitrogens is 2. The molecular weight excluding hydrogens is 262 g/mol. The van der Waals surface area contributed by atoms with Crippen LogP contribution in [0.3, 0.4) is 0 Å². The summed E-state index contributed by atoms with van der Waals surface area (Å²) in [6.45, 7) is 2.49. The average Bonchev–Trinajstić information content (AvgIpc) is 2.75. The number of hydrogen-bond acceptors (Lipinski definition) is 2. The third-order valence-electron chi connectivity index (χ3n) is 3.22. The van der Waals surface area contributed by atoms with Crippen molar-refractivity contribution in [1.82, 2.24) is 9.55 Å². The van der Waals surface area contributed by atoms with Gasteiger partial charge in [-0.05, 0) is 31.2 Å². The van der Waals surface area contributed by atoms with Crippen LogP contribution in [0.5, 0.6) is 5.75 Å². The Bertz CT molecular complexity index is 796. The Labute approximate surface area is 114 Å². The fourth-order valence-electron chi connectivity index (χ4n) is 2.31. The van der Waals surface area contributed by atoms with Crippen LogP contribution < -0.4 is 0 Å². The van der Waals surface area contributed by atoms with E-state index in [1.165, 1.54) is 24.3 Å². The Morgan fingerprint density at radius 1 is 1.15 bits per heavy atom. The van der Waals surface area contributed by atoms with Crippen molar-refractivity contribution in [1.29, 1.82) is 0 Å². The molecule has 1 N–H and O–H groups in total. The normalized spacial score (nSPS) is 11.2. The highest BCUT2D eigenvalue weighted by Crippen LogP contribution is 2.29. The number of phenols is 1. The molecule has 0 fully saturated rings. The number of phenolic OH excluding ortho intramolecular Hbond substituents is 1. The van der Waals surface area contributed by atoms with Gasteiger partial charge in [0.05, 0.1) is 16.6 Å². The Hall–Kier alpha value is -2.43. The van der Waals surface area contributed by atoms with E-state index in [1.54, 1.807) is 6.07 Å². The second-order valence-electron chi connectivity index (χ2n) is 4.48. The maximum atomic E-state index is 14.0. The van der Waals surface area contributed by atoms with Crippen LogP contribution in [0.2, 0.25) is 0 Å². The molecule has 0 aliphatic carbocycles. The highest BCUT2D eigenvalue weighted by atomic mass is 19.1. The van der Waals surface area contributed by atoms with Crippen LogP contribution in [-0.2, 0) is 6.54 Å². The van der Waals surface area contributed by atoms with Gasteiger partial charge in [0.25, 0.3) is 0 Å². The van der Waals surface area contributed by atoms with E-state index < -0.39 is 5.82 Å². The van der Waals surface area contributed by atoms with E-state index in [-0.39, 0.29) is 17.1 Å². The van der Waals surface area contributed by atoms with Crippen LogP contribution in [0.15, 0.2) is 36.4 Å². The quantitative estimate of drug-likeness (QED) is 0.773. The first-order chi connectivity index (χ1) is 9.60. The van der Waals surface area contributed by atoms with Gasteiger partial charge in [-0.25, -0.2) is 13.8 Å². The average molecular weight is 274 g/mol. The molecule has 1 aromatic heterocycles. The topological polar surface area (TPSA) is 38.0 Å². The second-order valence-corrected chi connectivity index (χ2v) is 4.48. The molecule has 0 aliphatic heterocycles. The van der Waals surface area contributed by atoms with Gasteiger partial charge in [0.1, 0.15) is 23.2 Å². The van der Waals surface area contributed by atoms with E-state index in [0.717, 1.165) is 11.6 Å². The van der Waals surface area contributed by atoms with Gasteiger partial charge in [-0.3, -0.25) is 0 Å². The van der Waals surface area contributed by atoms with Gasteiger partial charge in [-0.1, -0.05) is 0 Å². The van der Waals surface area contributed by atoms with Crippen LogP contribution in [0.4, 0.5) is 8.78 Å². The van der Waals surface area contributed by atoms with Crippen molar-refractivity contribution in [2.24, 2.45) is 0 Å². The number of benzene rings is 2. The minimum atomic E-state index is -0.560. The van der Waals surface area contributed by atoms with E-state index in [2.05, 4.69) is 4.98 Å². The van der Waals surface area contributed by atoms with E-state index in [4.69, 9.17) is 0 Å². The predicted octanol–water partition coefficient (Wildman–Crippen LogP) is 3.71. The molecule has 0 radical (unpaired) electrons. The van der Waals surface area contributed by atoms with Gasteiger partial charge in [-0.2, -0.15) is 0 Å². The van der Waals surface area contributed by atoms with E-state index in [9.17, 15) is 13.9 Å². The lowest BCUT2D eigenvalue weighted by atomic mass is 10.2. The van der Waals surface area contributed by atoms with Gasteiger partial charge in [0.2, 0.25) is 0 Å². The zero-order valence-electron chi connectivity index (χ0n) is 10.8. The Morgan fingerprint density at radius 3 is 2.65 bits per heavy atom. The van der Waals surface area contributed by atoms with Crippen LogP contribution in [-0.4, -0.2) is 14.7 Å². The first-order valence-corrected chi connectivity index (χ1v) is 6.25. The first kappa shape index (κ1) is 12.6. The van der Waals surface area contributed by atoms with Crippen molar-refractivity contribution in [3.05, 3.63) is 48.0 Å². The van der Waals surface area contributed by atoms with E-state index in [0.29, 0.717) is 17.9 Å². The standard InChI is InChI=1S/C15H12F2N2O/c1-2-19-14-6-3-9(16)7-13(14)18-15(19)11-5-4-10(20)8-12(11)17/h3-8,20H,2H2,1H3. The van der Waals surface area contributed by atoms with Crippen LogP contribution >= 0.6 is 0 Å². The molecule has 102 valence electrons. The predicted molar refractivity (Wildman–Crippen MR) is 72.4 cm³/mol. The highest BCUT2D eigenvalue weighted by Gasteiger charge is 2.15. The van der Waals surface area contributed by atoms with Gasteiger partial charge >= 0.3 is 0 Å². The third-order valence-corrected chi connectivity index (χ3v) is 3.22. The van der Waals surface area contributed by atoms with Crippen LogP contribution in [0.25, 0.3) is 22.4 Å². The summed E-state index contributed by atoms with van der Waals surface area (Å²) in [6, 6.07) is 8.21. The number of nitrogens with zero attached hydrogens (tertiary/aromatic N) is 2. The molecular formula is C15H12F2N2O. The number of aromatic hydroxyl groups is 1. The van der Waals surface area contributed by atoms with Gasteiger partial charge in [-0.15, -0.1) is 0 Å². The SMILES string of the molecule is CCn1c(-c2ccc(O)cc2F)nc2cc(F)ccc21. The Balaban J connectivity index is 2.30. The summed E-state index contributed by atoms with van der Waals surface area (Å²) < 4.78 is 29.0. The summed E-state index contributed by atoms with van der Waals surface area (Å²) in [7, 11) is 0. The molecule has 0 unspecified atom stereocenters. The molecule has 0 atom stereocenters. The summed E-state index contributed by atoms with van der Waals surface area (Å²) in [4.78, 5) is 4.31. The highest BCUT2D eigenvalue weighted by molar-refractivity contribution is 5.80. The molecule has 0 aliphatic rings. The van der Waals surface area contributed by atoms with Crippen molar-refractivity contribution >= 4 is 11.0 Å². The maximum absolute atomic E-state index is 14.0. The molecule has 0 spiro atoms. The molecule has 3 rings (SSSR count). The largest absolute Gasteiger partial charge is 0.508 e. The summed E-state index contributed by atoms with van der Waals surface area (Å²) in [5.41, 5.74) is 1.51. The molecule has 20 heavy (non-hydrogen) atoms. The van der Waals surface area contributed by atoms with Crippen molar-refractivity contribution in [2.75, 3.05) is 0 Å². The molecule has 3 nitrogen and oxygen atoms in total. The first-order valence-electron chi connectivity index (χ1n) is 6.25. The van der Waals surface area contributed by atoms with Crippen molar-refractivity contribution in [3.63, 3.8) is 0 Å². The Kier molecular flexibility index (Phi) is 2.89.